The molecule has 0 saturated heterocycles. The molecule has 0 rings (SSSR count). The van der Waals surface area contributed by atoms with Gasteiger partial charge in [0.15, 0.2) is 8.32 Å². The van der Waals surface area contributed by atoms with Gasteiger partial charge in [-0.15, -0.1) is 0 Å². The Balaban J connectivity index is 3.91. The summed E-state index contributed by atoms with van der Waals surface area (Å²) in [5, 5.41) is 0.228. The second kappa shape index (κ2) is 7.20. The van der Waals surface area contributed by atoms with Crippen molar-refractivity contribution in [2.24, 2.45) is 5.92 Å². The van der Waals surface area contributed by atoms with Gasteiger partial charge in [-0.3, -0.25) is 4.18 Å². The van der Waals surface area contributed by atoms with E-state index in [1.807, 2.05) is 0 Å². The molecule has 0 aromatic rings. The van der Waals surface area contributed by atoms with Gasteiger partial charge in [0.1, 0.15) is 0 Å². The summed E-state index contributed by atoms with van der Waals surface area (Å²) in [6.45, 7) is 14.3. The Morgan fingerprint density at radius 3 is 2.16 bits per heavy atom. The molecule has 0 aromatic carbocycles. The SMILES string of the molecule is C[C@@H](CCCOS(C)(=O)=O)CO[Si](C)(C)C(C)(C)C. The molecule has 0 aliphatic rings. The third kappa shape index (κ3) is 8.78. The highest BCUT2D eigenvalue weighted by Gasteiger charge is 2.37. The molecule has 19 heavy (non-hydrogen) atoms. The smallest absolute Gasteiger partial charge is 0.264 e. The van der Waals surface area contributed by atoms with Crippen molar-refractivity contribution >= 4 is 18.4 Å². The minimum Gasteiger partial charge on any atom is -0.417 e. The molecule has 0 radical (unpaired) electrons. The van der Waals surface area contributed by atoms with E-state index in [1.165, 1.54) is 0 Å². The zero-order valence-electron chi connectivity index (χ0n) is 13.4. The monoisotopic (exact) mass is 310 g/mol. The molecule has 0 aliphatic carbocycles. The van der Waals surface area contributed by atoms with Crippen LogP contribution in [0.2, 0.25) is 18.1 Å². The zero-order valence-corrected chi connectivity index (χ0v) is 15.3. The van der Waals surface area contributed by atoms with Gasteiger partial charge in [0.25, 0.3) is 10.1 Å². The van der Waals surface area contributed by atoms with Crippen LogP contribution < -0.4 is 0 Å². The topological polar surface area (TPSA) is 52.6 Å². The van der Waals surface area contributed by atoms with E-state index in [1.54, 1.807) is 0 Å². The molecule has 1 atom stereocenters. The summed E-state index contributed by atoms with van der Waals surface area (Å²) in [5.74, 6) is 0.428. The molecule has 0 aromatic heterocycles. The van der Waals surface area contributed by atoms with Crippen LogP contribution in [-0.4, -0.2) is 36.2 Å². The number of hydrogen-bond donors (Lipinski definition) is 0. The van der Waals surface area contributed by atoms with E-state index in [9.17, 15) is 8.42 Å². The van der Waals surface area contributed by atoms with Crippen LogP contribution in [0.5, 0.6) is 0 Å². The van der Waals surface area contributed by atoms with Crippen molar-refractivity contribution < 1.29 is 17.0 Å². The summed E-state index contributed by atoms with van der Waals surface area (Å²) in [6.07, 6.45) is 2.75. The molecule has 0 heterocycles. The highest BCUT2D eigenvalue weighted by Crippen LogP contribution is 2.36. The van der Waals surface area contributed by atoms with Crippen molar-refractivity contribution in [3.63, 3.8) is 0 Å². The Morgan fingerprint density at radius 1 is 1.21 bits per heavy atom. The molecule has 0 bridgehead atoms. The Kier molecular flexibility index (Phi) is 7.23. The summed E-state index contributed by atoms with van der Waals surface area (Å²) >= 11 is 0. The van der Waals surface area contributed by atoms with Gasteiger partial charge in [-0.25, -0.2) is 0 Å². The predicted octanol–water partition coefficient (Wildman–Crippen LogP) is 3.40. The third-order valence-corrected chi connectivity index (χ3v) is 8.77. The summed E-state index contributed by atoms with van der Waals surface area (Å²) in [5.41, 5.74) is 0. The zero-order chi connectivity index (χ0) is 15.3. The highest BCUT2D eigenvalue weighted by molar-refractivity contribution is 7.85. The fourth-order valence-corrected chi connectivity index (χ4v) is 2.85. The standard InChI is InChI=1S/C13H30O4SSi/c1-12(9-8-10-16-18(5,14)15)11-17-19(6,7)13(2,3)4/h12H,8-11H2,1-7H3/t12-/m0/s1. The van der Waals surface area contributed by atoms with Crippen molar-refractivity contribution in [3.05, 3.63) is 0 Å². The van der Waals surface area contributed by atoms with E-state index >= 15 is 0 Å². The van der Waals surface area contributed by atoms with E-state index in [0.29, 0.717) is 5.92 Å². The molecule has 4 nitrogen and oxygen atoms in total. The summed E-state index contributed by atoms with van der Waals surface area (Å²) in [6, 6.07) is 0. The highest BCUT2D eigenvalue weighted by atomic mass is 32.2. The molecular weight excluding hydrogens is 280 g/mol. The fraction of sp³-hybridized carbons (Fsp3) is 1.00. The van der Waals surface area contributed by atoms with Crippen molar-refractivity contribution in [1.29, 1.82) is 0 Å². The van der Waals surface area contributed by atoms with Gasteiger partial charge in [0.2, 0.25) is 0 Å². The van der Waals surface area contributed by atoms with Gasteiger partial charge in [0.05, 0.1) is 12.9 Å². The summed E-state index contributed by atoms with van der Waals surface area (Å²) < 4.78 is 32.5. The molecule has 0 spiro atoms. The number of rotatable bonds is 8. The Labute approximate surface area is 120 Å². The molecule has 0 aliphatic heterocycles. The van der Waals surface area contributed by atoms with E-state index in [0.717, 1.165) is 25.7 Å². The summed E-state index contributed by atoms with van der Waals surface area (Å²) in [7, 11) is -4.97. The van der Waals surface area contributed by atoms with Gasteiger partial charge in [-0.2, -0.15) is 8.42 Å². The Morgan fingerprint density at radius 2 is 1.74 bits per heavy atom. The lowest BCUT2D eigenvalue weighted by Gasteiger charge is -2.37. The average Bonchev–Trinajstić information content (AvgIpc) is 2.18. The first-order chi connectivity index (χ1) is 8.35. The van der Waals surface area contributed by atoms with E-state index in [2.05, 4.69) is 40.8 Å². The van der Waals surface area contributed by atoms with Gasteiger partial charge < -0.3 is 4.43 Å². The molecule has 0 fully saturated rings. The Hall–Kier alpha value is 0.0869. The van der Waals surface area contributed by atoms with E-state index < -0.39 is 18.4 Å². The first-order valence-corrected chi connectivity index (χ1v) is 11.6. The van der Waals surface area contributed by atoms with Gasteiger partial charge in [-0.1, -0.05) is 27.7 Å². The lowest BCUT2D eigenvalue weighted by Crippen LogP contribution is -2.41. The second-order valence-corrected chi connectivity index (χ2v) is 13.3. The lowest BCUT2D eigenvalue weighted by molar-refractivity contribution is 0.219. The van der Waals surface area contributed by atoms with Crippen molar-refractivity contribution in [3.8, 4) is 0 Å². The largest absolute Gasteiger partial charge is 0.417 e. The van der Waals surface area contributed by atoms with Crippen LogP contribution >= 0.6 is 0 Å². The second-order valence-electron chi connectivity index (χ2n) is 6.84. The molecule has 0 amide bonds. The lowest BCUT2D eigenvalue weighted by atomic mass is 10.1. The number of hydrogen-bond acceptors (Lipinski definition) is 4. The molecule has 6 heteroatoms. The van der Waals surface area contributed by atoms with Crippen LogP contribution in [0.15, 0.2) is 0 Å². The first-order valence-electron chi connectivity index (χ1n) is 6.83. The average molecular weight is 311 g/mol. The summed E-state index contributed by atoms with van der Waals surface area (Å²) in [4.78, 5) is 0. The molecular formula is C13H30O4SSi. The first kappa shape index (κ1) is 19.1. The van der Waals surface area contributed by atoms with E-state index in [-0.39, 0.29) is 11.6 Å². The Bertz CT molecular complexity index is 357. The van der Waals surface area contributed by atoms with Crippen molar-refractivity contribution in [2.75, 3.05) is 19.5 Å². The van der Waals surface area contributed by atoms with Crippen LogP contribution in [-0.2, 0) is 18.7 Å². The quantitative estimate of drug-likeness (QED) is 0.392. The van der Waals surface area contributed by atoms with Crippen LogP contribution in [0.3, 0.4) is 0 Å². The molecule has 0 saturated carbocycles. The van der Waals surface area contributed by atoms with Crippen LogP contribution in [0.1, 0.15) is 40.5 Å². The predicted molar refractivity (Wildman–Crippen MR) is 82.3 cm³/mol. The maximum absolute atomic E-state index is 10.8. The van der Waals surface area contributed by atoms with Gasteiger partial charge >= 0.3 is 0 Å². The van der Waals surface area contributed by atoms with Gasteiger partial charge in [0, 0.05) is 6.61 Å². The maximum atomic E-state index is 10.8. The van der Waals surface area contributed by atoms with Crippen molar-refractivity contribution in [2.45, 2.75) is 58.7 Å². The van der Waals surface area contributed by atoms with Crippen molar-refractivity contribution in [1.82, 2.24) is 0 Å². The van der Waals surface area contributed by atoms with E-state index in [4.69, 9.17) is 8.61 Å². The van der Waals surface area contributed by atoms with Gasteiger partial charge in [-0.05, 0) is 36.9 Å². The normalized spacial score (nSPS) is 15.5. The third-order valence-electron chi connectivity index (χ3n) is 3.67. The maximum Gasteiger partial charge on any atom is 0.264 e. The minimum atomic E-state index is -3.30. The minimum absolute atomic E-state index is 0.228. The fourth-order valence-electron chi connectivity index (χ4n) is 1.29. The van der Waals surface area contributed by atoms with Crippen LogP contribution in [0.4, 0.5) is 0 Å². The molecule has 0 unspecified atom stereocenters. The van der Waals surface area contributed by atoms with Crippen LogP contribution in [0, 0.1) is 5.92 Å². The van der Waals surface area contributed by atoms with Crippen LogP contribution in [0.25, 0.3) is 0 Å². The molecule has 0 N–H and O–H groups in total. The molecule has 116 valence electrons.